The second-order valence-electron chi connectivity index (χ2n) is 8.14. The Morgan fingerprint density at radius 2 is 1.91 bits per heavy atom. The minimum Gasteiger partial charge on any atom is -0.364 e. The largest absolute Gasteiger partial charge is 0.364 e. The van der Waals surface area contributed by atoms with Gasteiger partial charge in [0.15, 0.2) is 11.5 Å². The van der Waals surface area contributed by atoms with Gasteiger partial charge in [-0.1, -0.05) is 30.3 Å². The first-order valence-electron chi connectivity index (χ1n) is 10.8. The van der Waals surface area contributed by atoms with Crippen molar-refractivity contribution < 1.29 is 9.18 Å². The summed E-state index contributed by atoms with van der Waals surface area (Å²) in [5.74, 6) is 0.736. The maximum Gasteiger partial charge on any atom is 0.253 e. The Labute approximate surface area is 185 Å². The highest BCUT2D eigenvalue weighted by molar-refractivity contribution is 5.94. The fourth-order valence-corrected chi connectivity index (χ4v) is 4.24. The number of benzene rings is 2. The lowest BCUT2D eigenvalue weighted by molar-refractivity contribution is 0.0706. The monoisotopic (exact) mass is 429 g/mol. The van der Waals surface area contributed by atoms with Gasteiger partial charge in [0.25, 0.3) is 5.91 Å². The molecule has 0 saturated carbocycles. The van der Waals surface area contributed by atoms with Gasteiger partial charge < -0.3 is 10.2 Å². The van der Waals surface area contributed by atoms with Crippen molar-refractivity contribution in [3.63, 3.8) is 0 Å². The number of aromatic nitrogens is 3. The molecule has 2 aromatic carbocycles. The van der Waals surface area contributed by atoms with Gasteiger partial charge in [0.2, 0.25) is 0 Å². The van der Waals surface area contributed by atoms with E-state index in [1.807, 2.05) is 47.4 Å². The lowest BCUT2D eigenvalue weighted by Gasteiger charge is -2.32. The van der Waals surface area contributed by atoms with E-state index in [2.05, 4.69) is 15.5 Å². The van der Waals surface area contributed by atoms with Gasteiger partial charge in [-0.2, -0.15) is 5.10 Å². The SMILES string of the molecule is O=C(c1ccccc1)N1CCC[C@@H](c2ccc3c(NCc4ccc(F)cc4)n[nH]c3n2)C1. The predicted molar refractivity (Wildman–Crippen MR) is 122 cm³/mol. The molecule has 2 aromatic heterocycles. The summed E-state index contributed by atoms with van der Waals surface area (Å²) in [6.45, 7) is 1.98. The zero-order valence-corrected chi connectivity index (χ0v) is 17.6. The Balaban J connectivity index is 1.29. The first-order chi connectivity index (χ1) is 15.7. The number of likely N-dealkylation sites (tertiary alicyclic amines) is 1. The summed E-state index contributed by atoms with van der Waals surface area (Å²) in [7, 11) is 0. The van der Waals surface area contributed by atoms with E-state index in [0.29, 0.717) is 18.9 Å². The fourth-order valence-electron chi connectivity index (χ4n) is 4.24. The van der Waals surface area contributed by atoms with Crippen molar-refractivity contribution in [2.45, 2.75) is 25.3 Å². The molecule has 0 aliphatic carbocycles. The lowest BCUT2D eigenvalue weighted by Crippen LogP contribution is -2.39. The quantitative estimate of drug-likeness (QED) is 0.481. The number of hydrogen-bond acceptors (Lipinski definition) is 4. The highest BCUT2D eigenvalue weighted by Gasteiger charge is 2.26. The van der Waals surface area contributed by atoms with E-state index in [1.54, 1.807) is 12.1 Å². The molecule has 1 amide bonds. The third kappa shape index (κ3) is 4.19. The van der Waals surface area contributed by atoms with Crippen molar-refractivity contribution in [2.24, 2.45) is 0 Å². The highest BCUT2D eigenvalue weighted by atomic mass is 19.1. The number of carbonyl (C=O) groups excluding carboxylic acids is 1. The number of anilines is 1. The summed E-state index contributed by atoms with van der Waals surface area (Å²) in [4.78, 5) is 19.6. The van der Waals surface area contributed by atoms with Crippen LogP contribution in [0.2, 0.25) is 0 Å². The van der Waals surface area contributed by atoms with E-state index >= 15 is 0 Å². The fraction of sp³-hybridized carbons (Fsp3) is 0.240. The molecule has 3 heterocycles. The zero-order chi connectivity index (χ0) is 21.9. The van der Waals surface area contributed by atoms with Crippen LogP contribution in [-0.4, -0.2) is 39.1 Å². The molecule has 5 rings (SSSR count). The molecule has 1 atom stereocenters. The molecule has 0 unspecified atom stereocenters. The van der Waals surface area contributed by atoms with Gasteiger partial charge in [-0.3, -0.25) is 9.89 Å². The van der Waals surface area contributed by atoms with Gasteiger partial charge in [0, 0.05) is 36.8 Å². The van der Waals surface area contributed by atoms with Gasteiger partial charge >= 0.3 is 0 Å². The number of aromatic amines is 1. The summed E-state index contributed by atoms with van der Waals surface area (Å²) >= 11 is 0. The Hall–Kier alpha value is -3.74. The maximum atomic E-state index is 13.1. The Kier molecular flexibility index (Phi) is 5.54. The van der Waals surface area contributed by atoms with Gasteiger partial charge in [-0.05, 0) is 54.8 Å². The molecule has 1 fully saturated rings. The number of piperidine rings is 1. The molecular weight excluding hydrogens is 405 g/mol. The molecule has 1 saturated heterocycles. The minimum absolute atomic E-state index is 0.0743. The number of pyridine rings is 1. The number of halogens is 1. The number of fused-ring (bicyclic) bond motifs is 1. The number of H-pyrrole nitrogens is 1. The summed E-state index contributed by atoms with van der Waals surface area (Å²) < 4.78 is 13.1. The molecule has 6 nitrogen and oxygen atoms in total. The van der Waals surface area contributed by atoms with Crippen molar-refractivity contribution in [2.75, 3.05) is 18.4 Å². The average Bonchev–Trinajstić information content (AvgIpc) is 3.26. The number of nitrogens with one attached hydrogen (secondary N) is 2. The first kappa shape index (κ1) is 20.2. The minimum atomic E-state index is -0.248. The summed E-state index contributed by atoms with van der Waals surface area (Å²) in [6.07, 6.45) is 1.96. The molecular formula is C25H24FN5O. The van der Waals surface area contributed by atoms with Crippen molar-refractivity contribution in [3.8, 4) is 0 Å². The average molecular weight is 429 g/mol. The Morgan fingerprint density at radius 1 is 1.09 bits per heavy atom. The maximum absolute atomic E-state index is 13.1. The third-order valence-electron chi connectivity index (χ3n) is 5.97. The number of carbonyl (C=O) groups is 1. The second-order valence-corrected chi connectivity index (χ2v) is 8.14. The number of hydrogen-bond donors (Lipinski definition) is 2. The van der Waals surface area contributed by atoms with Gasteiger partial charge in [0.05, 0.1) is 5.39 Å². The molecule has 0 radical (unpaired) electrons. The van der Waals surface area contributed by atoms with Crippen LogP contribution in [0.3, 0.4) is 0 Å². The Morgan fingerprint density at radius 3 is 2.72 bits per heavy atom. The molecule has 1 aliphatic rings. The number of amides is 1. The normalized spacial score (nSPS) is 16.3. The molecule has 2 N–H and O–H groups in total. The Bertz CT molecular complexity index is 1220. The second kappa shape index (κ2) is 8.78. The van der Waals surface area contributed by atoms with E-state index in [0.717, 1.165) is 47.2 Å². The summed E-state index contributed by atoms with van der Waals surface area (Å²) in [6, 6.07) is 19.9. The third-order valence-corrected chi connectivity index (χ3v) is 5.97. The molecule has 4 aromatic rings. The first-order valence-corrected chi connectivity index (χ1v) is 10.8. The van der Waals surface area contributed by atoms with Crippen molar-refractivity contribution in [3.05, 3.63) is 89.4 Å². The van der Waals surface area contributed by atoms with Crippen LogP contribution in [-0.2, 0) is 6.54 Å². The van der Waals surface area contributed by atoms with Crippen LogP contribution in [0.5, 0.6) is 0 Å². The number of nitrogens with zero attached hydrogens (tertiary/aromatic N) is 3. The molecule has 7 heteroatoms. The van der Waals surface area contributed by atoms with E-state index < -0.39 is 0 Å². The van der Waals surface area contributed by atoms with Gasteiger partial charge in [-0.25, -0.2) is 9.37 Å². The van der Waals surface area contributed by atoms with Crippen molar-refractivity contribution in [1.82, 2.24) is 20.1 Å². The van der Waals surface area contributed by atoms with Crippen LogP contribution in [0.1, 0.15) is 40.4 Å². The van der Waals surface area contributed by atoms with Crippen LogP contribution in [0.25, 0.3) is 11.0 Å². The summed E-state index contributed by atoms with van der Waals surface area (Å²) in [5, 5.41) is 11.6. The van der Waals surface area contributed by atoms with Crippen LogP contribution in [0.15, 0.2) is 66.7 Å². The van der Waals surface area contributed by atoms with E-state index in [4.69, 9.17) is 4.98 Å². The van der Waals surface area contributed by atoms with E-state index in [1.165, 1.54) is 12.1 Å². The van der Waals surface area contributed by atoms with Crippen LogP contribution < -0.4 is 5.32 Å². The standard InChI is InChI=1S/C25H24FN5O/c26-20-10-8-17(9-11-20)15-27-23-21-12-13-22(28-24(21)30-29-23)19-7-4-14-31(16-19)25(32)18-5-2-1-3-6-18/h1-3,5-6,8-13,19H,4,7,14-16H2,(H2,27,28,29,30)/t19-/m1/s1. The van der Waals surface area contributed by atoms with Crippen LogP contribution in [0, 0.1) is 5.82 Å². The zero-order valence-electron chi connectivity index (χ0n) is 17.6. The van der Waals surface area contributed by atoms with Gasteiger partial charge in [0.1, 0.15) is 5.82 Å². The molecule has 0 bridgehead atoms. The topological polar surface area (TPSA) is 73.9 Å². The van der Waals surface area contributed by atoms with Crippen LogP contribution in [0.4, 0.5) is 10.2 Å². The predicted octanol–water partition coefficient (Wildman–Crippen LogP) is 4.73. The molecule has 162 valence electrons. The van der Waals surface area contributed by atoms with E-state index in [9.17, 15) is 9.18 Å². The smallest absolute Gasteiger partial charge is 0.253 e. The van der Waals surface area contributed by atoms with Gasteiger partial charge in [-0.15, -0.1) is 0 Å². The van der Waals surface area contributed by atoms with Crippen molar-refractivity contribution in [1.29, 1.82) is 0 Å². The lowest BCUT2D eigenvalue weighted by atomic mass is 9.93. The molecule has 0 spiro atoms. The summed E-state index contributed by atoms with van der Waals surface area (Å²) in [5.41, 5.74) is 3.38. The van der Waals surface area contributed by atoms with Crippen LogP contribution >= 0.6 is 0 Å². The molecule has 1 aliphatic heterocycles. The highest BCUT2D eigenvalue weighted by Crippen LogP contribution is 2.29. The molecule has 32 heavy (non-hydrogen) atoms. The van der Waals surface area contributed by atoms with Crippen molar-refractivity contribution >= 4 is 22.8 Å². The van der Waals surface area contributed by atoms with E-state index in [-0.39, 0.29) is 17.6 Å². The number of rotatable bonds is 5.